The quantitative estimate of drug-likeness (QED) is 0.757. The molecule has 0 radical (unpaired) electrons. The number of nitrogens with zero attached hydrogens (tertiary/aromatic N) is 1. The Labute approximate surface area is 151 Å². The first kappa shape index (κ1) is 18.5. The number of rotatable bonds is 7. The van der Waals surface area contributed by atoms with E-state index in [9.17, 15) is 0 Å². The summed E-state index contributed by atoms with van der Waals surface area (Å²) < 4.78 is 22.5. The van der Waals surface area contributed by atoms with Gasteiger partial charge in [-0.05, 0) is 37.0 Å². The van der Waals surface area contributed by atoms with Gasteiger partial charge in [0.25, 0.3) is 0 Å². The van der Waals surface area contributed by atoms with Crippen molar-refractivity contribution < 1.29 is 18.9 Å². The van der Waals surface area contributed by atoms with Crippen molar-refractivity contribution in [2.45, 2.75) is 44.2 Å². The Kier molecular flexibility index (Phi) is 6.96. The summed E-state index contributed by atoms with van der Waals surface area (Å²) in [6.45, 7) is 4.55. The zero-order valence-corrected chi connectivity index (χ0v) is 15.5. The molecule has 1 saturated carbocycles. The first-order chi connectivity index (χ1) is 12.3. The third-order valence-electron chi connectivity index (χ3n) is 5.35. The highest BCUT2D eigenvalue weighted by atomic mass is 16.5. The van der Waals surface area contributed by atoms with Crippen LogP contribution in [0.25, 0.3) is 0 Å². The van der Waals surface area contributed by atoms with E-state index in [1.165, 1.54) is 31.2 Å². The molecule has 25 heavy (non-hydrogen) atoms. The molecule has 0 bridgehead atoms. The van der Waals surface area contributed by atoms with Crippen LogP contribution >= 0.6 is 0 Å². The second kappa shape index (κ2) is 9.41. The molecule has 0 aromatic heterocycles. The van der Waals surface area contributed by atoms with Gasteiger partial charge in [0.1, 0.15) is 0 Å². The van der Waals surface area contributed by atoms with Crippen LogP contribution in [0.15, 0.2) is 18.2 Å². The molecule has 0 N–H and O–H groups in total. The maximum Gasteiger partial charge on any atom is 0.160 e. The third kappa shape index (κ3) is 4.87. The van der Waals surface area contributed by atoms with Gasteiger partial charge in [-0.3, -0.25) is 4.90 Å². The number of methoxy groups -OCH3 is 2. The highest BCUT2D eigenvalue weighted by molar-refractivity contribution is 5.42. The molecule has 1 saturated heterocycles. The van der Waals surface area contributed by atoms with Crippen molar-refractivity contribution in [3.8, 4) is 11.5 Å². The zero-order valence-electron chi connectivity index (χ0n) is 15.5. The lowest BCUT2D eigenvalue weighted by molar-refractivity contribution is -0.0647. The van der Waals surface area contributed by atoms with Crippen LogP contribution in [0.4, 0.5) is 0 Å². The van der Waals surface area contributed by atoms with E-state index in [0.717, 1.165) is 50.8 Å². The molecule has 1 aromatic carbocycles. The summed E-state index contributed by atoms with van der Waals surface area (Å²) in [6.07, 6.45) is 6.27. The van der Waals surface area contributed by atoms with Gasteiger partial charge in [-0.1, -0.05) is 18.9 Å². The summed E-state index contributed by atoms with van der Waals surface area (Å²) in [4.78, 5) is 2.57. The van der Waals surface area contributed by atoms with E-state index in [0.29, 0.717) is 12.1 Å². The molecule has 5 nitrogen and oxygen atoms in total. The fraction of sp³-hybridized carbons (Fsp3) is 0.700. The van der Waals surface area contributed by atoms with E-state index in [-0.39, 0.29) is 0 Å². The molecule has 1 aliphatic heterocycles. The van der Waals surface area contributed by atoms with Crippen LogP contribution in [0.1, 0.15) is 31.2 Å². The normalized spacial score (nSPS) is 24.9. The Hall–Kier alpha value is -1.30. The minimum Gasteiger partial charge on any atom is -0.493 e. The summed E-state index contributed by atoms with van der Waals surface area (Å²) in [5, 5.41) is 0. The van der Waals surface area contributed by atoms with Crippen molar-refractivity contribution in [2.75, 3.05) is 47.1 Å². The second-order valence-corrected chi connectivity index (χ2v) is 6.85. The molecule has 1 aromatic rings. The lowest BCUT2D eigenvalue weighted by Crippen LogP contribution is -2.51. The fourth-order valence-corrected chi connectivity index (χ4v) is 3.96. The minimum atomic E-state index is 0.354. The highest BCUT2D eigenvalue weighted by Gasteiger charge is 2.31. The van der Waals surface area contributed by atoms with Crippen molar-refractivity contribution >= 4 is 0 Å². The monoisotopic (exact) mass is 349 g/mol. The van der Waals surface area contributed by atoms with Crippen molar-refractivity contribution in [1.29, 1.82) is 0 Å². The SMILES string of the molecule is COc1ccc(CCOC2CCCCC2N2CCOCC2)cc1OC. The Bertz CT molecular complexity index is 530. The standard InChI is InChI=1S/C20H31NO4/c1-22-19-8-7-16(15-20(19)23-2)9-12-25-18-6-4-3-5-17(18)21-10-13-24-14-11-21/h7-8,15,17-18H,3-6,9-14H2,1-2H3. The lowest BCUT2D eigenvalue weighted by Gasteiger charge is -2.41. The van der Waals surface area contributed by atoms with Crippen molar-refractivity contribution in [2.24, 2.45) is 0 Å². The number of benzene rings is 1. The Morgan fingerprint density at radius 3 is 2.56 bits per heavy atom. The Balaban J connectivity index is 1.52. The summed E-state index contributed by atoms with van der Waals surface area (Å²) in [5.41, 5.74) is 1.22. The molecule has 1 aliphatic carbocycles. The Morgan fingerprint density at radius 2 is 1.80 bits per heavy atom. The molecule has 2 unspecified atom stereocenters. The minimum absolute atomic E-state index is 0.354. The first-order valence-electron chi connectivity index (χ1n) is 9.46. The third-order valence-corrected chi connectivity index (χ3v) is 5.35. The van der Waals surface area contributed by atoms with Crippen LogP contribution in [0, 0.1) is 0 Å². The topological polar surface area (TPSA) is 40.2 Å². The van der Waals surface area contributed by atoms with Gasteiger partial charge in [0.2, 0.25) is 0 Å². The summed E-state index contributed by atoms with van der Waals surface area (Å²) in [6, 6.07) is 6.65. The summed E-state index contributed by atoms with van der Waals surface area (Å²) >= 11 is 0. The number of hydrogen-bond acceptors (Lipinski definition) is 5. The summed E-state index contributed by atoms with van der Waals surface area (Å²) in [5.74, 6) is 1.55. The Morgan fingerprint density at radius 1 is 1.04 bits per heavy atom. The predicted molar refractivity (Wildman–Crippen MR) is 97.6 cm³/mol. The van der Waals surface area contributed by atoms with Crippen LogP contribution in [-0.4, -0.2) is 64.2 Å². The number of morpholine rings is 1. The molecule has 1 heterocycles. The lowest BCUT2D eigenvalue weighted by atomic mass is 9.91. The van der Waals surface area contributed by atoms with E-state index in [1.807, 2.05) is 12.1 Å². The molecule has 2 aliphatic rings. The number of ether oxygens (including phenoxy) is 4. The average Bonchev–Trinajstić information content (AvgIpc) is 2.69. The van der Waals surface area contributed by atoms with E-state index in [1.54, 1.807) is 14.2 Å². The fourth-order valence-electron chi connectivity index (χ4n) is 3.96. The maximum absolute atomic E-state index is 6.33. The molecule has 2 atom stereocenters. The van der Waals surface area contributed by atoms with Gasteiger partial charge < -0.3 is 18.9 Å². The van der Waals surface area contributed by atoms with Gasteiger partial charge in [-0.25, -0.2) is 0 Å². The largest absolute Gasteiger partial charge is 0.493 e. The van der Waals surface area contributed by atoms with Crippen LogP contribution in [0.2, 0.25) is 0 Å². The molecule has 0 spiro atoms. The molecule has 140 valence electrons. The first-order valence-corrected chi connectivity index (χ1v) is 9.46. The van der Waals surface area contributed by atoms with Gasteiger partial charge in [0.05, 0.1) is 40.1 Å². The van der Waals surface area contributed by atoms with Gasteiger partial charge in [0.15, 0.2) is 11.5 Å². The van der Waals surface area contributed by atoms with Gasteiger partial charge >= 0.3 is 0 Å². The predicted octanol–water partition coefficient (Wildman–Crippen LogP) is 2.91. The molecular weight excluding hydrogens is 318 g/mol. The molecular formula is C20H31NO4. The number of hydrogen-bond donors (Lipinski definition) is 0. The second-order valence-electron chi connectivity index (χ2n) is 6.85. The van der Waals surface area contributed by atoms with Crippen molar-refractivity contribution in [3.63, 3.8) is 0 Å². The molecule has 2 fully saturated rings. The van der Waals surface area contributed by atoms with E-state index < -0.39 is 0 Å². The van der Waals surface area contributed by atoms with Gasteiger partial charge in [0, 0.05) is 19.1 Å². The van der Waals surface area contributed by atoms with Crippen LogP contribution < -0.4 is 9.47 Å². The average molecular weight is 349 g/mol. The summed E-state index contributed by atoms with van der Waals surface area (Å²) in [7, 11) is 3.34. The zero-order chi connectivity index (χ0) is 17.5. The van der Waals surface area contributed by atoms with E-state index in [4.69, 9.17) is 18.9 Å². The van der Waals surface area contributed by atoms with Crippen LogP contribution in [0.5, 0.6) is 11.5 Å². The van der Waals surface area contributed by atoms with Crippen LogP contribution in [0.3, 0.4) is 0 Å². The van der Waals surface area contributed by atoms with E-state index >= 15 is 0 Å². The molecule has 0 amide bonds. The highest BCUT2D eigenvalue weighted by Crippen LogP contribution is 2.29. The van der Waals surface area contributed by atoms with E-state index in [2.05, 4.69) is 11.0 Å². The molecule has 5 heteroatoms. The van der Waals surface area contributed by atoms with Crippen molar-refractivity contribution in [1.82, 2.24) is 4.90 Å². The smallest absolute Gasteiger partial charge is 0.160 e. The van der Waals surface area contributed by atoms with Crippen LogP contribution in [-0.2, 0) is 15.9 Å². The van der Waals surface area contributed by atoms with Crippen molar-refractivity contribution in [3.05, 3.63) is 23.8 Å². The van der Waals surface area contributed by atoms with Gasteiger partial charge in [-0.2, -0.15) is 0 Å². The molecule has 3 rings (SSSR count). The van der Waals surface area contributed by atoms with Gasteiger partial charge in [-0.15, -0.1) is 0 Å². The maximum atomic E-state index is 6.33.